The monoisotopic (exact) mass is 222 g/mol. The van der Waals surface area contributed by atoms with Crippen molar-refractivity contribution >= 4 is 23.4 Å². The van der Waals surface area contributed by atoms with Crippen molar-refractivity contribution in [3.05, 3.63) is 59.2 Å². The summed E-state index contributed by atoms with van der Waals surface area (Å²) < 4.78 is 0. The van der Waals surface area contributed by atoms with Gasteiger partial charge in [-0.15, -0.1) is 0 Å². The quantitative estimate of drug-likeness (QED) is 0.642. The molecule has 1 heterocycles. The topological polar surface area (TPSA) is 0 Å². The van der Waals surface area contributed by atoms with Crippen LogP contribution < -0.4 is 0 Å². The number of hydrogen-bond donors (Lipinski definition) is 0. The van der Waals surface area contributed by atoms with Gasteiger partial charge in [-0.1, -0.05) is 36.0 Å². The number of benzene rings is 2. The minimum atomic E-state index is 1.09. The first-order valence-electron chi connectivity index (χ1n) is 5.51. The Hall–Kier alpha value is -1.47. The van der Waals surface area contributed by atoms with Gasteiger partial charge in [-0.2, -0.15) is 0 Å². The molecule has 0 atom stereocenters. The summed E-state index contributed by atoms with van der Waals surface area (Å²) in [5.74, 6) is 0. The lowest BCUT2D eigenvalue weighted by molar-refractivity contribution is 1.28. The molecular formula is C15H10S. The van der Waals surface area contributed by atoms with Crippen LogP contribution in [0.25, 0.3) is 11.6 Å². The molecule has 0 N–H and O–H groups in total. The summed E-state index contributed by atoms with van der Waals surface area (Å²) in [7, 11) is 0. The largest absolute Gasteiger partial charge is 0.0894 e. The van der Waals surface area contributed by atoms with Gasteiger partial charge in [-0.25, -0.2) is 0 Å². The Morgan fingerprint density at radius 3 is 2.94 bits per heavy atom. The average Bonchev–Trinajstić information content (AvgIpc) is 2.73. The van der Waals surface area contributed by atoms with E-state index in [1.807, 2.05) is 11.8 Å². The Morgan fingerprint density at radius 1 is 1.00 bits per heavy atom. The fourth-order valence-electron chi connectivity index (χ4n) is 2.50. The van der Waals surface area contributed by atoms with Crippen molar-refractivity contribution < 1.29 is 0 Å². The molecule has 2 aliphatic rings. The molecule has 76 valence electrons. The maximum atomic E-state index is 2.36. The van der Waals surface area contributed by atoms with E-state index in [1.165, 1.54) is 32.1 Å². The third kappa shape index (κ3) is 1.12. The highest BCUT2D eigenvalue weighted by atomic mass is 32.2. The van der Waals surface area contributed by atoms with E-state index in [0.29, 0.717) is 0 Å². The molecule has 0 unspecified atom stereocenters. The van der Waals surface area contributed by atoms with Crippen LogP contribution in [0.4, 0.5) is 0 Å². The molecule has 0 amide bonds. The van der Waals surface area contributed by atoms with Crippen LogP contribution in [0.5, 0.6) is 0 Å². The Balaban J connectivity index is 2.07. The van der Waals surface area contributed by atoms with Crippen LogP contribution in [0.2, 0.25) is 0 Å². The van der Waals surface area contributed by atoms with Crippen molar-refractivity contribution in [2.24, 2.45) is 0 Å². The van der Waals surface area contributed by atoms with E-state index in [4.69, 9.17) is 0 Å². The SMILES string of the molecule is C1=C2Cc3cccc(c31)Sc1cccc2c1. The van der Waals surface area contributed by atoms with Crippen LogP contribution in [0.3, 0.4) is 0 Å². The van der Waals surface area contributed by atoms with Gasteiger partial charge in [0, 0.05) is 9.79 Å². The highest BCUT2D eigenvalue weighted by Gasteiger charge is 2.19. The number of allylic oxidation sites excluding steroid dienone is 1. The molecule has 0 fully saturated rings. The van der Waals surface area contributed by atoms with Gasteiger partial charge in [0.1, 0.15) is 0 Å². The van der Waals surface area contributed by atoms with Gasteiger partial charge in [0.25, 0.3) is 0 Å². The fraction of sp³-hybridized carbons (Fsp3) is 0.0667. The summed E-state index contributed by atoms with van der Waals surface area (Å²) in [6.07, 6.45) is 3.45. The number of hydrogen-bond acceptors (Lipinski definition) is 1. The zero-order valence-electron chi connectivity index (χ0n) is 8.73. The summed E-state index contributed by atoms with van der Waals surface area (Å²) in [5, 5.41) is 0. The number of rotatable bonds is 0. The first-order valence-corrected chi connectivity index (χ1v) is 6.32. The van der Waals surface area contributed by atoms with Crippen molar-refractivity contribution in [1.29, 1.82) is 0 Å². The van der Waals surface area contributed by atoms with E-state index in [1.54, 1.807) is 0 Å². The molecule has 1 aliphatic carbocycles. The van der Waals surface area contributed by atoms with Gasteiger partial charge in [-0.3, -0.25) is 0 Å². The fourth-order valence-corrected chi connectivity index (χ4v) is 3.53. The highest BCUT2D eigenvalue weighted by molar-refractivity contribution is 7.99. The predicted octanol–water partition coefficient (Wildman–Crippen LogP) is 4.25. The third-order valence-corrected chi connectivity index (χ3v) is 4.35. The maximum absolute atomic E-state index is 2.36. The van der Waals surface area contributed by atoms with E-state index in [2.05, 4.69) is 48.5 Å². The molecule has 2 aromatic rings. The molecule has 4 bridgehead atoms. The van der Waals surface area contributed by atoms with Crippen LogP contribution in [0, 0.1) is 0 Å². The third-order valence-electron chi connectivity index (χ3n) is 3.29. The van der Waals surface area contributed by atoms with Crippen LogP contribution in [-0.4, -0.2) is 0 Å². The summed E-state index contributed by atoms with van der Waals surface area (Å²) in [6.45, 7) is 0. The first-order chi connectivity index (χ1) is 7.90. The molecule has 0 spiro atoms. The summed E-state index contributed by atoms with van der Waals surface area (Å²) in [4.78, 5) is 2.74. The van der Waals surface area contributed by atoms with Gasteiger partial charge >= 0.3 is 0 Å². The molecular weight excluding hydrogens is 212 g/mol. The Labute approximate surface area is 99.0 Å². The van der Waals surface area contributed by atoms with E-state index in [9.17, 15) is 0 Å². The molecule has 0 saturated carbocycles. The molecule has 1 heteroatoms. The normalized spacial score (nSPS) is 15.4. The second kappa shape index (κ2) is 3.02. The van der Waals surface area contributed by atoms with Gasteiger partial charge in [-0.05, 0) is 53.0 Å². The lowest BCUT2D eigenvalue weighted by atomic mass is 10.0. The van der Waals surface area contributed by atoms with Crippen LogP contribution >= 0.6 is 11.8 Å². The maximum Gasteiger partial charge on any atom is 0.0197 e. The van der Waals surface area contributed by atoms with E-state index in [0.717, 1.165) is 6.42 Å². The molecule has 2 aromatic carbocycles. The van der Waals surface area contributed by atoms with Crippen molar-refractivity contribution in [2.75, 3.05) is 0 Å². The lowest BCUT2D eigenvalue weighted by Gasteiger charge is -2.09. The average molecular weight is 222 g/mol. The molecule has 0 radical (unpaired) electrons. The predicted molar refractivity (Wildman–Crippen MR) is 68.6 cm³/mol. The molecule has 1 aliphatic heterocycles. The van der Waals surface area contributed by atoms with Gasteiger partial charge in [0.2, 0.25) is 0 Å². The van der Waals surface area contributed by atoms with Gasteiger partial charge < -0.3 is 0 Å². The number of fused-ring (bicyclic) bond motifs is 3. The molecule has 0 saturated heterocycles. The van der Waals surface area contributed by atoms with Gasteiger partial charge in [0.15, 0.2) is 0 Å². The summed E-state index contributed by atoms with van der Waals surface area (Å²) in [5.41, 5.74) is 5.76. The van der Waals surface area contributed by atoms with E-state index in [-0.39, 0.29) is 0 Å². The minimum absolute atomic E-state index is 1.09. The Morgan fingerprint density at radius 2 is 1.94 bits per heavy atom. The Bertz CT molecular complexity index is 623. The first kappa shape index (κ1) is 8.66. The van der Waals surface area contributed by atoms with Crippen LogP contribution in [0.15, 0.2) is 52.3 Å². The Kier molecular flexibility index (Phi) is 1.63. The van der Waals surface area contributed by atoms with Crippen molar-refractivity contribution in [2.45, 2.75) is 16.2 Å². The molecule has 0 nitrogen and oxygen atoms in total. The van der Waals surface area contributed by atoms with E-state index < -0.39 is 0 Å². The van der Waals surface area contributed by atoms with Crippen molar-refractivity contribution in [3.8, 4) is 0 Å². The van der Waals surface area contributed by atoms with Crippen LogP contribution in [-0.2, 0) is 6.42 Å². The zero-order chi connectivity index (χ0) is 10.5. The summed E-state index contributed by atoms with van der Waals surface area (Å²) in [6, 6.07) is 15.5. The van der Waals surface area contributed by atoms with Crippen molar-refractivity contribution in [3.63, 3.8) is 0 Å². The minimum Gasteiger partial charge on any atom is -0.0894 e. The van der Waals surface area contributed by atoms with Crippen LogP contribution in [0.1, 0.15) is 16.7 Å². The standard InChI is InChI=1S/C15H10S/c1-3-10-8-13(5-1)16-15-6-2-4-11-7-12(10)9-14(11)15/h1-6,8-9H,7H2. The molecule has 4 rings (SSSR count). The second-order valence-electron chi connectivity index (χ2n) is 4.31. The highest BCUT2D eigenvalue weighted by Crippen LogP contribution is 2.42. The molecule has 0 aromatic heterocycles. The van der Waals surface area contributed by atoms with Gasteiger partial charge in [0.05, 0.1) is 0 Å². The second-order valence-corrected chi connectivity index (χ2v) is 5.42. The zero-order valence-corrected chi connectivity index (χ0v) is 9.55. The van der Waals surface area contributed by atoms with Crippen molar-refractivity contribution in [1.82, 2.24) is 0 Å². The lowest BCUT2D eigenvalue weighted by Crippen LogP contribution is -1.84. The molecule has 16 heavy (non-hydrogen) atoms. The smallest absolute Gasteiger partial charge is 0.0197 e. The summed E-state index contributed by atoms with van der Waals surface area (Å²) >= 11 is 1.88. The van der Waals surface area contributed by atoms with E-state index >= 15 is 0 Å².